The van der Waals surface area contributed by atoms with E-state index in [0.29, 0.717) is 0 Å². The first-order valence-electron chi connectivity index (χ1n) is 7.02. The lowest BCUT2D eigenvalue weighted by Crippen LogP contribution is -2.44. The molecule has 0 amide bonds. The molecular weight excluding hydrogens is 180 g/mol. The molecule has 2 saturated carbocycles. The Labute approximate surface area is 95.8 Å². The molecule has 7 unspecified atom stereocenters. The number of hydrogen-bond donors (Lipinski definition) is 0. The highest BCUT2D eigenvalue weighted by atomic mass is 14.5. The van der Waals surface area contributed by atoms with Crippen LogP contribution in [0.5, 0.6) is 0 Å². The van der Waals surface area contributed by atoms with E-state index in [-0.39, 0.29) is 0 Å². The topological polar surface area (TPSA) is 0 Å². The van der Waals surface area contributed by atoms with E-state index < -0.39 is 0 Å². The minimum Gasteiger partial charge on any atom is -0.0622 e. The van der Waals surface area contributed by atoms with Gasteiger partial charge in [0.15, 0.2) is 0 Å². The minimum atomic E-state index is 0.944. The summed E-state index contributed by atoms with van der Waals surface area (Å²) in [5.74, 6) is 6.87. The maximum atomic E-state index is 2.52. The molecule has 0 saturated heterocycles. The van der Waals surface area contributed by atoms with Crippen molar-refractivity contribution in [1.82, 2.24) is 0 Å². The van der Waals surface area contributed by atoms with E-state index in [4.69, 9.17) is 0 Å². The molecule has 88 valence electrons. The predicted molar refractivity (Wildman–Crippen MR) is 66.7 cm³/mol. The van der Waals surface area contributed by atoms with Crippen LogP contribution in [-0.4, -0.2) is 0 Å². The highest BCUT2D eigenvalue weighted by Gasteiger charge is 2.44. The van der Waals surface area contributed by atoms with Crippen LogP contribution in [0.1, 0.15) is 53.9 Å². The van der Waals surface area contributed by atoms with E-state index in [2.05, 4.69) is 34.6 Å². The normalized spacial score (nSPS) is 56.2. The van der Waals surface area contributed by atoms with Crippen molar-refractivity contribution in [3.05, 3.63) is 0 Å². The smallest absolute Gasteiger partial charge is 0.0329 e. The molecule has 0 N–H and O–H groups in total. The summed E-state index contributed by atoms with van der Waals surface area (Å²) in [6, 6.07) is 0. The molecule has 15 heavy (non-hydrogen) atoms. The van der Waals surface area contributed by atoms with E-state index in [1.807, 2.05) is 0 Å². The summed E-state index contributed by atoms with van der Waals surface area (Å²) in [4.78, 5) is 0. The third-order valence-electron chi connectivity index (χ3n) is 6.05. The van der Waals surface area contributed by atoms with E-state index in [0.717, 1.165) is 41.4 Å². The van der Waals surface area contributed by atoms with Crippen molar-refractivity contribution >= 4 is 0 Å². The number of rotatable bonds is 0. The molecule has 0 radical (unpaired) electrons. The largest absolute Gasteiger partial charge is 0.0622 e. The molecule has 0 aromatic rings. The Balaban J connectivity index is 2.16. The Morgan fingerprint density at radius 2 is 1.33 bits per heavy atom. The average molecular weight is 208 g/mol. The Kier molecular flexibility index (Phi) is 3.14. The van der Waals surface area contributed by atoms with Crippen LogP contribution in [0, 0.1) is 41.4 Å². The molecule has 2 aliphatic carbocycles. The fourth-order valence-electron chi connectivity index (χ4n) is 4.49. The molecule has 0 bridgehead atoms. The molecule has 2 aliphatic rings. The summed E-state index contributed by atoms with van der Waals surface area (Å²) in [5.41, 5.74) is 0. The van der Waals surface area contributed by atoms with Crippen LogP contribution in [0.4, 0.5) is 0 Å². The van der Waals surface area contributed by atoms with Crippen molar-refractivity contribution in [3.63, 3.8) is 0 Å². The fourth-order valence-corrected chi connectivity index (χ4v) is 4.49. The van der Waals surface area contributed by atoms with Gasteiger partial charge in [0.2, 0.25) is 0 Å². The summed E-state index contributed by atoms with van der Waals surface area (Å²) in [6.45, 7) is 12.5. The molecule has 0 aromatic heterocycles. The molecular formula is C15H28. The summed E-state index contributed by atoms with van der Waals surface area (Å²) in [6.07, 6.45) is 4.50. The molecule has 2 rings (SSSR count). The highest BCUT2D eigenvalue weighted by molar-refractivity contribution is 4.93. The summed E-state index contributed by atoms with van der Waals surface area (Å²) in [7, 11) is 0. The molecule has 7 atom stereocenters. The van der Waals surface area contributed by atoms with Gasteiger partial charge in [0, 0.05) is 0 Å². The monoisotopic (exact) mass is 208 g/mol. The number of fused-ring (bicyclic) bond motifs is 1. The lowest BCUT2D eigenvalue weighted by Gasteiger charge is -2.51. The van der Waals surface area contributed by atoms with Crippen LogP contribution in [0.25, 0.3) is 0 Å². The van der Waals surface area contributed by atoms with Gasteiger partial charge in [-0.1, -0.05) is 41.0 Å². The van der Waals surface area contributed by atoms with Crippen molar-refractivity contribution in [2.75, 3.05) is 0 Å². The first-order chi connectivity index (χ1) is 7.02. The van der Waals surface area contributed by atoms with Gasteiger partial charge in [0.1, 0.15) is 0 Å². The Bertz CT molecular complexity index is 218. The van der Waals surface area contributed by atoms with Gasteiger partial charge >= 0.3 is 0 Å². The third kappa shape index (κ3) is 1.85. The second-order valence-electron chi connectivity index (χ2n) is 6.68. The molecule has 0 heteroatoms. The Hall–Kier alpha value is 0. The van der Waals surface area contributed by atoms with Crippen molar-refractivity contribution in [2.45, 2.75) is 53.9 Å². The van der Waals surface area contributed by atoms with Crippen LogP contribution in [0.15, 0.2) is 0 Å². The molecule has 0 heterocycles. The zero-order valence-electron chi connectivity index (χ0n) is 11.2. The maximum absolute atomic E-state index is 2.52. The van der Waals surface area contributed by atoms with Crippen LogP contribution in [0.2, 0.25) is 0 Å². The lowest BCUT2D eigenvalue weighted by atomic mass is 9.54. The van der Waals surface area contributed by atoms with Crippen molar-refractivity contribution in [2.24, 2.45) is 41.4 Å². The van der Waals surface area contributed by atoms with E-state index in [9.17, 15) is 0 Å². The third-order valence-corrected chi connectivity index (χ3v) is 6.05. The predicted octanol–water partition coefficient (Wildman–Crippen LogP) is 4.60. The SMILES string of the molecule is CC1CC2CCC(C)C(C)C2C(C)C1C. The minimum absolute atomic E-state index is 0.944. The van der Waals surface area contributed by atoms with Gasteiger partial charge in [0.25, 0.3) is 0 Å². The van der Waals surface area contributed by atoms with Crippen LogP contribution in [0.3, 0.4) is 0 Å². The van der Waals surface area contributed by atoms with Gasteiger partial charge < -0.3 is 0 Å². The summed E-state index contributed by atoms with van der Waals surface area (Å²) < 4.78 is 0. The zero-order chi connectivity index (χ0) is 11.2. The fraction of sp³-hybridized carbons (Fsp3) is 1.00. The lowest BCUT2D eigenvalue weighted by molar-refractivity contribution is -0.0203. The summed E-state index contributed by atoms with van der Waals surface area (Å²) >= 11 is 0. The Morgan fingerprint density at radius 1 is 0.667 bits per heavy atom. The second-order valence-corrected chi connectivity index (χ2v) is 6.68. The van der Waals surface area contributed by atoms with Gasteiger partial charge in [0.05, 0.1) is 0 Å². The maximum Gasteiger partial charge on any atom is -0.0329 e. The van der Waals surface area contributed by atoms with Crippen molar-refractivity contribution < 1.29 is 0 Å². The first kappa shape index (κ1) is 11.5. The first-order valence-corrected chi connectivity index (χ1v) is 7.02. The van der Waals surface area contributed by atoms with Gasteiger partial charge in [-0.2, -0.15) is 0 Å². The number of hydrogen-bond acceptors (Lipinski definition) is 0. The second kappa shape index (κ2) is 4.11. The van der Waals surface area contributed by atoms with Gasteiger partial charge in [-0.3, -0.25) is 0 Å². The summed E-state index contributed by atoms with van der Waals surface area (Å²) in [5, 5.41) is 0. The highest BCUT2D eigenvalue weighted by Crippen LogP contribution is 2.52. The van der Waals surface area contributed by atoms with E-state index in [1.54, 1.807) is 0 Å². The van der Waals surface area contributed by atoms with E-state index >= 15 is 0 Å². The zero-order valence-corrected chi connectivity index (χ0v) is 11.2. The van der Waals surface area contributed by atoms with Gasteiger partial charge in [-0.05, 0) is 54.3 Å². The average Bonchev–Trinajstić information content (AvgIpc) is 2.20. The van der Waals surface area contributed by atoms with Crippen molar-refractivity contribution in [1.29, 1.82) is 0 Å². The van der Waals surface area contributed by atoms with Crippen molar-refractivity contribution in [3.8, 4) is 0 Å². The van der Waals surface area contributed by atoms with Gasteiger partial charge in [-0.25, -0.2) is 0 Å². The standard InChI is InChI=1S/C15H28/c1-9-6-7-14-8-10(2)11(3)13(5)15(14)12(9)4/h9-15H,6-8H2,1-5H3. The molecule has 2 fully saturated rings. The molecule has 0 spiro atoms. The Morgan fingerprint density at radius 3 is 2.00 bits per heavy atom. The quantitative estimate of drug-likeness (QED) is 0.546. The van der Waals surface area contributed by atoms with E-state index in [1.165, 1.54) is 19.3 Å². The van der Waals surface area contributed by atoms with Crippen LogP contribution >= 0.6 is 0 Å². The van der Waals surface area contributed by atoms with Crippen LogP contribution in [-0.2, 0) is 0 Å². The van der Waals surface area contributed by atoms with Gasteiger partial charge in [-0.15, -0.1) is 0 Å². The molecule has 0 aromatic carbocycles. The molecule has 0 nitrogen and oxygen atoms in total. The van der Waals surface area contributed by atoms with Crippen LogP contribution < -0.4 is 0 Å². The molecule has 0 aliphatic heterocycles.